The van der Waals surface area contributed by atoms with E-state index in [4.69, 9.17) is 4.74 Å². The fourth-order valence-corrected chi connectivity index (χ4v) is 4.67. The van der Waals surface area contributed by atoms with Gasteiger partial charge in [-0.15, -0.1) is 0 Å². The van der Waals surface area contributed by atoms with Gasteiger partial charge in [-0.1, -0.05) is 79.7 Å². The number of hydrogen-bond acceptors (Lipinski definition) is 6. The zero-order chi connectivity index (χ0) is 31.3. The first kappa shape index (κ1) is 31.8. The molecule has 0 bridgehead atoms. The van der Waals surface area contributed by atoms with Gasteiger partial charge in [0.2, 0.25) is 11.8 Å². The molecule has 10 heteroatoms. The van der Waals surface area contributed by atoms with Crippen LogP contribution >= 0.6 is 0 Å². The lowest BCUT2D eigenvalue weighted by atomic mass is 10.0. The van der Waals surface area contributed by atoms with E-state index >= 15 is 0 Å². The molecule has 1 unspecified atom stereocenters. The molecule has 0 aliphatic carbocycles. The van der Waals surface area contributed by atoms with Crippen molar-refractivity contribution in [1.29, 1.82) is 0 Å². The highest BCUT2D eigenvalue weighted by atomic mass is 16.5. The van der Waals surface area contributed by atoms with E-state index in [1.54, 1.807) is 6.20 Å². The fraction of sp³-hybridized carbons (Fsp3) is 0.294. The monoisotopic (exact) mass is 596 g/mol. The Bertz CT molecular complexity index is 1460. The largest absolute Gasteiger partial charge is 0.445 e. The molecule has 4 rings (SSSR count). The van der Waals surface area contributed by atoms with Crippen LogP contribution in [0.25, 0.3) is 0 Å². The fourth-order valence-electron chi connectivity index (χ4n) is 4.67. The number of rotatable bonds is 14. The van der Waals surface area contributed by atoms with Crippen molar-refractivity contribution in [2.75, 3.05) is 32.1 Å². The zero-order valence-corrected chi connectivity index (χ0v) is 25.4. The van der Waals surface area contributed by atoms with Gasteiger partial charge in [0, 0.05) is 51.2 Å². The minimum absolute atomic E-state index is 0.0571. The third-order valence-electron chi connectivity index (χ3n) is 7.23. The summed E-state index contributed by atoms with van der Waals surface area (Å²) in [6.45, 7) is 2.51. The SMILES string of the molecule is CC(CNC(=O)CN(Cc1ccc(N(C)C)cc1)C(=O)[C@H](Cc1cnc[nH]1)NC(=O)OCc1ccccc1)c1ccccc1. The Hall–Kier alpha value is -5.12. The highest BCUT2D eigenvalue weighted by Crippen LogP contribution is 2.16. The van der Waals surface area contributed by atoms with Gasteiger partial charge in [-0.3, -0.25) is 9.59 Å². The van der Waals surface area contributed by atoms with E-state index in [1.165, 1.54) is 11.2 Å². The molecule has 1 aromatic heterocycles. The summed E-state index contributed by atoms with van der Waals surface area (Å²) in [5, 5.41) is 5.69. The Morgan fingerprint density at radius 3 is 2.23 bits per heavy atom. The summed E-state index contributed by atoms with van der Waals surface area (Å²) in [6.07, 6.45) is 2.51. The number of anilines is 1. The molecule has 0 radical (unpaired) electrons. The van der Waals surface area contributed by atoms with Gasteiger partial charge in [-0.2, -0.15) is 0 Å². The smallest absolute Gasteiger partial charge is 0.408 e. The quantitative estimate of drug-likeness (QED) is 0.200. The molecule has 2 atom stereocenters. The van der Waals surface area contributed by atoms with Gasteiger partial charge in [0.1, 0.15) is 12.6 Å². The predicted molar refractivity (Wildman–Crippen MR) is 170 cm³/mol. The number of ether oxygens (including phenoxy) is 1. The van der Waals surface area contributed by atoms with Gasteiger partial charge >= 0.3 is 6.09 Å². The first-order valence-electron chi connectivity index (χ1n) is 14.6. The number of amides is 3. The Balaban J connectivity index is 1.50. The molecule has 0 saturated carbocycles. The van der Waals surface area contributed by atoms with E-state index < -0.39 is 18.0 Å². The van der Waals surface area contributed by atoms with Crippen LogP contribution in [0.15, 0.2) is 97.5 Å². The molecule has 230 valence electrons. The van der Waals surface area contributed by atoms with E-state index in [0.29, 0.717) is 12.2 Å². The van der Waals surface area contributed by atoms with E-state index in [9.17, 15) is 14.4 Å². The summed E-state index contributed by atoms with van der Waals surface area (Å²) >= 11 is 0. The minimum Gasteiger partial charge on any atom is -0.445 e. The maximum Gasteiger partial charge on any atom is 0.408 e. The average Bonchev–Trinajstić information content (AvgIpc) is 3.56. The van der Waals surface area contributed by atoms with E-state index in [-0.39, 0.29) is 37.9 Å². The number of carbonyl (C=O) groups excluding carboxylic acids is 3. The second-order valence-corrected chi connectivity index (χ2v) is 10.9. The lowest BCUT2D eigenvalue weighted by Gasteiger charge is -2.28. The number of alkyl carbamates (subject to hydrolysis) is 1. The number of benzene rings is 3. The van der Waals surface area contributed by atoms with Crippen molar-refractivity contribution in [2.45, 2.75) is 38.5 Å². The van der Waals surface area contributed by atoms with Gasteiger partial charge in [-0.05, 0) is 34.7 Å². The molecule has 3 amide bonds. The molecular formula is C34H40N6O4. The third kappa shape index (κ3) is 9.72. The molecule has 4 aromatic rings. The molecular weight excluding hydrogens is 556 g/mol. The number of aromatic nitrogens is 2. The number of nitrogens with one attached hydrogen (secondary N) is 3. The lowest BCUT2D eigenvalue weighted by molar-refractivity contribution is -0.138. The molecule has 0 saturated heterocycles. The zero-order valence-electron chi connectivity index (χ0n) is 25.4. The van der Waals surface area contributed by atoms with E-state index in [0.717, 1.165) is 22.4 Å². The molecule has 10 nitrogen and oxygen atoms in total. The lowest BCUT2D eigenvalue weighted by Crippen LogP contribution is -2.52. The molecule has 3 N–H and O–H groups in total. The molecule has 0 aliphatic heterocycles. The van der Waals surface area contributed by atoms with Crippen LogP contribution in [0.1, 0.15) is 35.2 Å². The molecule has 44 heavy (non-hydrogen) atoms. The van der Waals surface area contributed by atoms with Crippen LogP contribution in [0.3, 0.4) is 0 Å². The van der Waals surface area contributed by atoms with Gasteiger partial charge in [0.25, 0.3) is 0 Å². The topological polar surface area (TPSA) is 120 Å². The third-order valence-corrected chi connectivity index (χ3v) is 7.23. The summed E-state index contributed by atoms with van der Waals surface area (Å²) < 4.78 is 5.42. The van der Waals surface area contributed by atoms with Crippen molar-refractivity contribution >= 4 is 23.6 Å². The van der Waals surface area contributed by atoms with E-state index in [1.807, 2.05) is 111 Å². The summed E-state index contributed by atoms with van der Waals surface area (Å²) in [7, 11) is 3.91. The standard InChI is InChI=1S/C34H40N6O4/c1-25(28-12-8-5-9-13-28)19-36-32(41)22-40(21-26-14-16-30(17-15-26)39(2)3)33(42)31(18-29-20-35-24-37-29)38-34(43)44-23-27-10-6-4-7-11-27/h4-17,20,24-25,31H,18-19,21-23H2,1-3H3,(H,35,37)(H,36,41)(H,38,43)/t25?,31-/m0/s1. The predicted octanol–water partition coefficient (Wildman–Crippen LogP) is 4.26. The van der Waals surface area contributed by atoms with Crippen LogP contribution in [-0.2, 0) is 33.9 Å². The summed E-state index contributed by atoms with van der Waals surface area (Å²) in [6, 6.07) is 26.0. The van der Waals surface area contributed by atoms with Crippen LogP contribution in [0.2, 0.25) is 0 Å². The normalized spacial score (nSPS) is 12.1. The van der Waals surface area contributed by atoms with Crippen molar-refractivity contribution in [3.05, 3.63) is 120 Å². The first-order valence-corrected chi connectivity index (χ1v) is 14.6. The Morgan fingerprint density at radius 2 is 1.59 bits per heavy atom. The second-order valence-electron chi connectivity index (χ2n) is 10.9. The molecule has 0 aliphatic rings. The molecule has 0 spiro atoms. The van der Waals surface area contributed by atoms with Crippen LogP contribution in [0.4, 0.5) is 10.5 Å². The van der Waals surface area contributed by atoms with E-state index in [2.05, 4.69) is 20.6 Å². The number of aromatic amines is 1. The van der Waals surface area contributed by atoms with Crippen LogP contribution in [0, 0.1) is 0 Å². The van der Waals surface area contributed by atoms with Crippen molar-refractivity contribution in [3.8, 4) is 0 Å². The van der Waals surface area contributed by atoms with Crippen molar-refractivity contribution < 1.29 is 19.1 Å². The summed E-state index contributed by atoms with van der Waals surface area (Å²) in [5.74, 6) is -0.616. The Kier molecular flexibility index (Phi) is 11.5. The molecule has 1 heterocycles. The van der Waals surface area contributed by atoms with Crippen LogP contribution in [0.5, 0.6) is 0 Å². The highest BCUT2D eigenvalue weighted by Gasteiger charge is 2.29. The average molecular weight is 597 g/mol. The molecule has 0 fully saturated rings. The van der Waals surface area contributed by atoms with Crippen molar-refractivity contribution in [2.24, 2.45) is 0 Å². The summed E-state index contributed by atoms with van der Waals surface area (Å²) in [5.41, 5.74) is 4.45. The van der Waals surface area contributed by atoms with Gasteiger partial charge in [0.05, 0.1) is 12.9 Å². The number of imidazole rings is 1. The number of nitrogens with zero attached hydrogens (tertiary/aromatic N) is 3. The summed E-state index contributed by atoms with van der Waals surface area (Å²) in [4.78, 5) is 50.6. The number of H-pyrrole nitrogens is 1. The number of carbonyl (C=O) groups is 3. The van der Waals surface area contributed by atoms with Gasteiger partial charge in [0.15, 0.2) is 0 Å². The Labute approximate surface area is 258 Å². The number of hydrogen-bond donors (Lipinski definition) is 3. The van der Waals surface area contributed by atoms with Crippen molar-refractivity contribution in [3.63, 3.8) is 0 Å². The second kappa shape index (κ2) is 15.9. The van der Waals surface area contributed by atoms with Gasteiger partial charge < -0.3 is 30.2 Å². The van der Waals surface area contributed by atoms with Crippen LogP contribution in [-0.4, -0.2) is 66.0 Å². The first-order chi connectivity index (χ1) is 21.3. The van der Waals surface area contributed by atoms with Gasteiger partial charge in [-0.25, -0.2) is 9.78 Å². The highest BCUT2D eigenvalue weighted by molar-refractivity contribution is 5.89. The Morgan fingerprint density at radius 1 is 0.909 bits per heavy atom. The minimum atomic E-state index is -1.00. The molecule has 3 aromatic carbocycles. The van der Waals surface area contributed by atoms with Crippen molar-refractivity contribution in [1.82, 2.24) is 25.5 Å². The maximum atomic E-state index is 14.1. The maximum absolute atomic E-state index is 14.1. The van der Waals surface area contributed by atoms with Crippen LogP contribution < -0.4 is 15.5 Å².